The van der Waals surface area contributed by atoms with E-state index in [1.54, 1.807) is 11.8 Å². The molecule has 4 aliphatic rings. The molecule has 0 aromatic heterocycles. The van der Waals surface area contributed by atoms with Crippen molar-refractivity contribution in [3.63, 3.8) is 0 Å². The Morgan fingerprint density at radius 3 is 1.85 bits per heavy atom. The van der Waals surface area contributed by atoms with Crippen molar-refractivity contribution >= 4 is 12.1 Å². The molecule has 4 aliphatic heterocycles. The molecule has 1 aromatic rings. The van der Waals surface area contributed by atoms with Crippen molar-refractivity contribution in [1.29, 1.82) is 0 Å². The summed E-state index contributed by atoms with van der Waals surface area (Å²) in [5, 5.41) is 20.4. The Morgan fingerprint density at radius 2 is 1.39 bits per heavy atom. The van der Waals surface area contributed by atoms with E-state index >= 15 is 0 Å². The van der Waals surface area contributed by atoms with Crippen LogP contribution in [0.5, 0.6) is 0 Å². The van der Waals surface area contributed by atoms with Gasteiger partial charge in [0.2, 0.25) is 0 Å². The van der Waals surface area contributed by atoms with Crippen LogP contribution in [0.4, 0.5) is 4.79 Å². The third kappa shape index (κ3) is 10.9. The summed E-state index contributed by atoms with van der Waals surface area (Å²) in [6, 6.07) is 10.5. The van der Waals surface area contributed by atoms with Gasteiger partial charge in [0.25, 0.3) is 0 Å². The van der Waals surface area contributed by atoms with E-state index < -0.39 is 18.0 Å². The van der Waals surface area contributed by atoms with E-state index in [0.29, 0.717) is 52.4 Å². The zero-order valence-corrected chi connectivity index (χ0v) is 28.6. The predicted octanol–water partition coefficient (Wildman–Crippen LogP) is 3.57. The van der Waals surface area contributed by atoms with E-state index in [0.717, 1.165) is 13.1 Å². The summed E-state index contributed by atoms with van der Waals surface area (Å²) in [5.74, 6) is -0.332. The van der Waals surface area contributed by atoms with Crippen LogP contribution >= 0.6 is 0 Å². The van der Waals surface area contributed by atoms with Crippen LogP contribution < -0.4 is 0 Å². The summed E-state index contributed by atoms with van der Waals surface area (Å²) in [6.45, 7) is 17.7. The van der Waals surface area contributed by atoms with E-state index in [2.05, 4.69) is 40.8 Å². The number of aliphatic hydroxyl groups is 2. The van der Waals surface area contributed by atoms with Gasteiger partial charge < -0.3 is 43.5 Å². The van der Waals surface area contributed by atoms with Gasteiger partial charge in [0.1, 0.15) is 5.60 Å². The molecule has 0 saturated carbocycles. The molecule has 262 valence electrons. The largest absolute Gasteiger partial charge is 0.466 e. The average Bonchev–Trinajstić information content (AvgIpc) is 3.63. The SMILES string of the molecule is CCN(C(=O)OC(C)(C)C)[C@H]1CO[C@@H]2OCC[C@H](O)[C@@H]21.CCN(Cc1ccccc1)[C@H]1CO[C@@H]2OCC[C@H](O)[C@@H]21.CCOC(C)=O. The molecule has 5 rings (SSSR count). The maximum Gasteiger partial charge on any atom is 0.410 e. The summed E-state index contributed by atoms with van der Waals surface area (Å²) in [7, 11) is 0. The van der Waals surface area contributed by atoms with Gasteiger partial charge in [-0.2, -0.15) is 0 Å². The number of fused-ring (bicyclic) bond motifs is 2. The monoisotopic (exact) mass is 652 g/mol. The minimum Gasteiger partial charge on any atom is -0.466 e. The molecule has 1 aromatic carbocycles. The highest BCUT2D eigenvalue weighted by atomic mass is 16.7. The number of ether oxygens (including phenoxy) is 6. The summed E-state index contributed by atoms with van der Waals surface area (Å²) in [6.07, 6.45) is -0.541. The summed E-state index contributed by atoms with van der Waals surface area (Å²) >= 11 is 0. The first-order valence-electron chi connectivity index (χ1n) is 16.6. The number of likely N-dealkylation sites (N-methyl/N-ethyl adjacent to an activating group) is 2. The Bertz CT molecular complexity index is 1050. The van der Waals surface area contributed by atoms with Gasteiger partial charge in [-0.15, -0.1) is 0 Å². The molecule has 0 unspecified atom stereocenters. The zero-order valence-electron chi connectivity index (χ0n) is 28.6. The fraction of sp³-hybridized carbons (Fsp3) is 0.765. The molecular weight excluding hydrogens is 596 g/mol. The van der Waals surface area contributed by atoms with Crippen molar-refractivity contribution in [3.05, 3.63) is 35.9 Å². The van der Waals surface area contributed by atoms with Gasteiger partial charge in [0, 0.05) is 26.1 Å². The van der Waals surface area contributed by atoms with Crippen molar-refractivity contribution in [2.45, 2.75) is 110 Å². The second kappa shape index (κ2) is 18.3. The lowest BCUT2D eigenvalue weighted by molar-refractivity contribution is -0.182. The molecule has 4 fully saturated rings. The Hall–Kier alpha value is -2.32. The zero-order chi connectivity index (χ0) is 33.9. The second-order valence-electron chi connectivity index (χ2n) is 12.9. The lowest BCUT2D eigenvalue weighted by atomic mass is 9.90. The number of aliphatic hydroxyl groups excluding tert-OH is 2. The molecule has 1 amide bonds. The maximum atomic E-state index is 12.3. The minimum absolute atomic E-state index is 0.0763. The van der Waals surface area contributed by atoms with Crippen molar-refractivity contribution in [2.24, 2.45) is 11.8 Å². The Labute approximate surface area is 274 Å². The van der Waals surface area contributed by atoms with E-state index in [1.807, 2.05) is 33.8 Å². The van der Waals surface area contributed by atoms with Gasteiger partial charge in [0.05, 0.1) is 63.1 Å². The molecule has 0 aliphatic carbocycles. The molecule has 0 bridgehead atoms. The van der Waals surface area contributed by atoms with Gasteiger partial charge in [-0.05, 0) is 59.6 Å². The first kappa shape index (κ1) is 38.1. The maximum absolute atomic E-state index is 12.3. The number of hydrogen-bond donors (Lipinski definition) is 2. The van der Waals surface area contributed by atoms with Gasteiger partial charge >= 0.3 is 12.1 Å². The molecule has 0 spiro atoms. The summed E-state index contributed by atoms with van der Waals surface area (Å²) in [5.41, 5.74) is 0.759. The van der Waals surface area contributed by atoms with Gasteiger partial charge in [-0.25, -0.2) is 4.79 Å². The normalized spacial score (nSPS) is 30.1. The van der Waals surface area contributed by atoms with Crippen molar-refractivity contribution in [3.8, 4) is 0 Å². The number of amides is 1. The van der Waals surface area contributed by atoms with Crippen LogP contribution in [0.2, 0.25) is 0 Å². The Kier molecular flexibility index (Phi) is 15.2. The molecule has 8 atom stereocenters. The third-order valence-corrected chi connectivity index (χ3v) is 8.48. The van der Waals surface area contributed by atoms with E-state index in [9.17, 15) is 19.8 Å². The van der Waals surface area contributed by atoms with Gasteiger partial charge in [0.15, 0.2) is 12.6 Å². The molecule has 4 heterocycles. The van der Waals surface area contributed by atoms with Crippen LogP contribution in [-0.2, 0) is 39.8 Å². The Morgan fingerprint density at radius 1 is 0.848 bits per heavy atom. The number of esters is 1. The fourth-order valence-electron chi connectivity index (χ4n) is 6.33. The van der Waals surface area contributed by atoms with Crippen molar-refractivity contribution in [2.75, 3.05) is 46.1 Å². The van der Waals surface area contributed by atoms with E-state index in [4.69, 9.17) is 23.7 Å². The van der Waals surface area contributed by atoms with Crippen LogP contribution in [0, 0.1) is 11.8 Å². The number of carbonyl (C=O) groups is 2. The average molecular weight is 653 g/mol. The highest BCUT2D eigenvalue weighted by Gasteiger charge is 2.49. The van der Waals surface area contributed by atoms with E-state index in [1.165, 1.54) is 12.5 Å². The fourth-order valence-corrected chi connectivity index (χ4v) is 6.33. The van der Waals surface area contributed by atoms with Crippen molar-refractivity contribution < 1.29 is 48.2 Å². The lowest BCUT2D eigenvalue weighted by Crippen LogP contribution is -2.52. The van der Waals surface area contributed by atoms with Gasteiger partial charge in [-0.1, -0.05) is 37.3 Å². The molecule has 4 saturated heterocycles. The highest BCUT2D eigenvalue weighted by Crippen LogP contribution is 2.35. The molecular formula is C34H56N2O10. The lowest BCUT2D eigenvalue weighted by Gasteiger charge is -2.37. The third-order valence-electron chi connectivity index (χ3n) is 8.48. The molecule has 12 heteroatoms. The Balaban J connectivity index is 0.000000213. The van der Waals surface area contributed by atoms with E-state index in [-0.39, 0.29) is 48.4 Å². The quantitative estimate of drug-likeness (QED) is 0.419. The standard InChI is InChI=1S/C16H23NO3.C14H25NO5.C4H8O2/c1-2-17(10-12-6-4-3-5-7-12)13-11-20-16-15(13)14(18)8-9-19-16;1-5-15(13(17)20-14(2,3)4)9-8-19-12-11(9)10(16)6-7-18-12;1-3-6-4(2)5/h3-7,13-16,18H,2,8-11H2,1H3;9-12,16H,5-8H2,1-4H3;3H2,1-2H3/t13-,14-,15-,16-;9-,10-,11-,12-;/m00./s1. The summed E-state index contributed by atoms with van der Waals surface area (Å²) < 4.78 is 32.3. The smallest absolute Gasteiger partial charge is 0.410 e. The number of rotatable bonds is 7. The topological polar surface area (TPSA) is 136 Å². The second-order valence-corrected chi connectivity index (χ2v) is 12.9. The first-order valence-corrected chi connectivity index (χ1v) is 16.6. The van der Waals surface area contributed by atoms with Crippen LogP contribution in [0.3, 0.4) is 0 Å². The molecule has 46 heavy (non-hydrogen) atoms. The minimum atomic E-state index is -0.537. The van der Waals surface area contributed by atoms with Crippen LogP contribution in [0.15, 0.2) is 30.3 Å². The summed E-state index contributed by atoms with van der Waals surface area (Å²) in [4.78, 5) is 26.1. The first-order chi connectivity index (χ1) is 21.9. The number of benzene rings is 1. The number of carbonyl (C=O) groups excluding carboxylic acids is 2. The molecule has 0 radical (unpaired) electrons. The van der Waals surface area contributed by atoms with Crippen LogP contribution in [-0.4, -0.2) is 121 Å². The van der Waals surface area contributed by atoms with Crippen LogP contribution in [0.25, 0.3) is 0 Å². The predicted molar refractivity (Wildman–Crippen MR) is 171 cm³/mol. The number of hydrogen-bond acceptors (Lipinski definition) is 11. The van der Waals surface area contributed by atoms with Gasteiger partial charge in [-0.3, -0.25) is 9.69 Å². The molecule has 12 nitrogen and oxygen atoms in total. The van der Waals surface area contributed by atoms with Crippen molar-refractivity contribution in [1.82, 2.24) is 9.80 Å². The highest BCUT2D eigenvalue weighted by molar-refractivity contribution is 5.68. The number of nitrogens with zero attached hydrogens (tertiary/aromatic N) is 2. The van der Waals surface area contributed by atoms with Crippen LogP contribution in [0.1, 0.15) is 66.9 Å². The molecule has 2 N–H and O–H groups in total.